The lowest BCUT2D eigenvalue weighted by atomic mass is 9.96. The van der Waals surface area contributed by atoms with Crippen LogP contribution in [0, 0.1) is 17.8 Å². The standard InChI is InChI=1S/C15H26/c1-6-11(2)8-7-9-15-10-12(3)13(4)14(15)5/h6,11-13H,1,7-10H2,2-5H3. The first-order valence-electron chi connectivity index (χ1n) is 6.37. The van der Waals surface area contributed by atoms with Gasteiger partial charge in [-0.2, -0.15) is 0 Å². The van der Waals surface area contributed by atoms with Crippen LogP contribution in [0.2, 0.25) is 0 Å². The van der Waals surface area contributed by atoms with E-state index in [1.54, 1.807) is 11.1 Å². The smallest absolute Gasteiger partial charge is 0.0203 e. The fourth-order valence-corrected chi connectivity index (χ4v) is 2.53. The molecule has 0 saturated heterocycles. The molecule has 0 bridgehead atoms. The van der Waals surface area contributed by atoms with Gasteiger partial charge in [0.05, 0.1) is 0 Å². The molecule has 3 atom stereocenters. The van der Waals surface area contributed by atoms with Crippen LogP contribution in [0.5, 0.6) is 0 Å². The van der Waals surface area contributed by atoms with Gasteiger partial charge in [0.1, 0.15) is 0 Å². The van der Waals surface area contributed by atoms with Gasteiger partial charge in [-0.05, 0) is 50.4 Å². The molecule has 1 aliphatic carbocycles. The molecule has 86 valence electrons. The third-order valence-corrected chi connectivity index (χ3v) is 4.20. The molecule has 3 unspecified atom stereocenters. The predicted molar refractivity (Wildman–Crippen MR) is 68.9 cm³/mol. The van der Waals surface area contributed by atoms with E-state index in [0.29, 0.717) is 5.92 Å². The fraction of sp³-hybridized carbons (Fsp3) is 0.733. The predicted octanol–water partition coefficient (Wildman–Crippen LogP) is 4.97. The zero-order valence-corrected chi connectivity index (χ0v) is 10.8. The van der Waals surface area contributed by atoms with Crippen molar-refractivity contribution in [2.75, 3.05) is 0 Å². The summed E-state index contributed by atoms with van der Waals surface area (Å²) < 4.78 is 0. The molecular formula is C15H26. The first-order chi connectivity index (χ1) is 7.06. The highest BCUT2D eigenvalue weighted by Gasteiger charge is 2.24. The quantitative estimate of drug-likeness (QED) is 0.557. The van der Waals surface area contributed by atoms with Crippen LogP contribution in [0.1, 0.15) is 53.4 Å². The Hall–Kier alpha value is -0.520. The molecule has 0 aromatic carbocycles. The van der Waals surface area contributed by atoms with Crippen molar-refractivity contribution < 1.29 is 0 Å². The minimum absolute atomic E-state index is 0.683. The van der Waals surface area contributed by atoms with Gasteiger partial charge in [-0.25, -0.2) is 0 Å². The lowest BCUT2D eigenvalue weighted by Gasteiger charge is -2.09. The summed E-state index contributed by atoms with van der Waals surface area (Å²) in [6.07, 6.45) is 7.36. The SMILES string of the molecule is C=CC(C)CCCC1=C(C)C(C)C(C)C1. The van der Waals surface area contributed by atoms with Gasteiger partial charge in [0.25, 0.3) is 0 Å². The molecular weight excluding hydrogens is 180 g/mol. The molecule has 1 aliphatic rings. The maximum atomic E-state index is 3.84. The Morgan fingerprint density at radius 3 is 2.60 bits per heavy atom. The van der Waals surface area contributed by atoms with Gasteiger partial charge >= 0.3 is 0 Å². The number of hydrogen-bond acceptors (Lipinski definition) is 0. The summed E-state index contributed by atoms with van der Waals surface area (Å²) in [4.78, 5) is 0. The lowest BCUT2D eigenvalue weighted by Crippen LogP contribution is -2.00. The van der Waals surface area contributed by atoms with E-state index in [1.807, 2.05) is 0 Å². The van der Waals surface area contributed by atoms with Crippen molar-refractivity contribution in [2.45, 2.75) is 53.4 Å². The summed E-state index contributed by atoms with van der Waals surface area (Å²) in [6, 6.07) is 0. The number of rotatable bonds is 5. The summed E-state index contributed by atoms with van der Waals surface area (Å²) in [6.45, 7) is 13.2. The molecule has 0 N–H and O–H groups in total. The Bertz CT molecular complexity index is 247. The molecule has 0 saturated carbocycles. The van der Waals surface area contributed by atoms with Crippen LogP contribution in [0.3, 0.4) is 0 Å². The Kier molecular flexibility index (Phi) is 4.63. The Balaban J connectivity index is 2.36. The van der Waals surface area contributed by atoms with E-state index in [-0.39, 0.29) is 0 Å². The van der Waals surface area contributed by atoms with Crippen molar-refractivity contribution in [2.24, 2.45) is 17.8 Å². The van der Waals surface area contributed by atoms with Gasteiger partial charge in [-0.3, -0.25) is 0 Å². The zero-order valence-electron chi connectivity index (χ0n) is 10.8. The van der Waals surface area contributed by atoms with Gasteiger partial charge in [-0.1, -0.05) is 38.0 Å². The summed E-state index contributed by atoms with van der Waals surface area (Å²) in [5, 5.41) is 0. The largest absolute Gasteiger partial charge is 0.103 e. The number of hydrogen-bond donors (Lipinski definition) is 0. The van der Waals surface area contributed by atoms with Crippen LogP contribution in [0.25, 0.3) is 0 Å². The molecule has 0 heterocycles. The Morgan fingerprint density at radius 2 is 2.13 bits per heavy atom. The highest BCUT2D eigenvalue weighted by atomic mass is 14.3. The van der Waals surface area contributed by atoms with E-state index in [9.17, 15) is 0 Å². The molecule has 0 fully saturated rings. The summed E-state index contributed by atoms with van der Waals surface area (Å²) in [5.74, 6) is 2.37. The van der Waals surface area contributed by atoms with Crippen LogP contribution >= 0.6 is 0 Å². The molecule has 0 spiro atoms. The van der Waals surface area contributed by atoms with Crippen LogP contribution < -0.4 is 0 Å². The minimum Gasteiger partial charge on any atom is -0.103 e. The highest BCUT2D eigenvalue weighted by molar-refractivity contribution is 5.21. The number of allylic oxidation sites excluding steroid dienone is 3. The van der Waals surface area contributed by atoms with Crippen molar-refractivity contribution in [3.05, 3.63) is 23.8 Å². The van der Waals surface area contributed by atoms with Crippen molar-refractivity contribution >= 4 is 0 Å². The van der Waals surface area contributed by atoms with Gasteiger partial charge in [0.15, 0.2) is 0 Å². The second kappa shape index (κ2) is 5.53. The summed E-state index contributed by atoms with van der Waals surface area (Å²) >= 11 is 0. The molecule has 0 aliphatic heterocycles. The topological polar surface area (TPSA) is 0 Å². The summed E-state index contributed by atoms with van der Waals surface area (Å²) in [7, 11) is 0. The maximum Gasteiger partial charge on any atom is -0.0203 e. The maximum absolute atomic E-state index is 3.84. The van der Waals surface area contributed by atoms with E-state index < -0.39 is 0 Å². The average molecular weight is 206 g/mol. The van der Waals surface area contributed by atoms with Crippen LogP contribution in [-0.4, -0.2) is 0 Å². The van der Waals surface area contributed by atoms with Gasteiger partial charge < -0.3 is 0 Å². The van der Waals surface area contributed by atoms with Crippen molar-refractivity contribution in [1.29, 1.82) is 0 Å². The van der Waals surface area contributed by atoms with E-state index in [4.69, 9.17) is 0 Å². The molecule has 0 aromatic rings. The molecule has 0 aromatic heterocycles. The fourth-order valence-electron chi connectivity index (χ4n) is 2.53. The lowest BCUT2D eigenvalue weighted by molar-refractivity contribution is 0.476. The Labute approximate surface area is 95.5 Å². The van der Waals surface area contributed by atoms with E-state index in [2.05, 4.69) is 40.3 Å². The van der Waals surface area contributed by atoms with Crippen molar-refractivity contribution in [3.8, 4) is 0 Å². The molecule has 0 nitrogen and oxygen atoms in total. The molecule has 0 heteroatoms. The molecule has 1 rings (SSSR count). The Morgan fingerprint density at radius 1 is 1.47 bits per heavy atom. The zero-order chi connectivity index (χ0) is 11.4. The van der Waals surface area contributed by atoms with Gasteiger partial charge in [0, 0.05) is 0 Å². The monoisotopic (exact) mass is 206 g/mol. The second-order valence-electron chi connectivity index (χ2n) is 5.36. The second-order valence-corrected chi connectivity index (χ2v) is 5.36. The van der Waals surface area contributed by atoms with Crippen molar-refractivity contribution in [1.82, 2.24) is 0 Å². The minimum atomic E-state index is 0.683. The van der Waals surface area contributed by atoms with Gasteiger partial charge in [0.2, 0.25) is 0 Å². The molecule has 0 amide bonds. The normalized spacial score (nSPS) is 28.3. The van der Waals surface area contributed by atoms with Crippen LogP contribution in [0.4, 0.5) is 0 Å². The van der Waals surface area contributed by atoms with E-state index in [1.165, 1.54) is 25.7 Å². The third-order valence-electron chi connectivity index (χ3n) is 4.20. The van der Waals surface area contributed by atoms with E-state index in [0.717, 1.165) is 11.8 Å². The first-order valence-corrected chi connectivity index (χ1v) is 6.37. The highest BCUT2D eigenvalue weighted by Crippen LogP contribution is 2.38. The molecule has 15 heavy (non-hydrogen) atoms. The first kappa shape index (κ1) is 12.5. The average Bonchev–Trinajstić information content (AvgIpc) is 2.46. The third kappa shape index (κ3) is 3.22. The molecule has 0 radical (unpaired) electrons. The van der Waals surface area contributed by atoms with Crippen LogP contribution in [0.15, 0.2) is 23.8 Å². The van der Waals surface area contributed by atoms with Crippen LogP contribution in [-0.2, 0) is 0 Å². The van der Waals surface area contributed by atoms with Gasteiger partial charge in [-0.15, -0.1) is 6.58 Å². The van der Waals surface area contributed by atoms with Crippen molar-refractivity contribution in [3.63, 3.8) is 0 Å². The summed E-state index contributed by atoms with van der Waals surface area (Å²) in [5.41, 5.74) is 3.42. The van der Waals surface area contributed by atoms with E-state index >= 15 is 0 Å².